The first kappa shape index (κ1) is 15.3. The van der Waals surface area contributed by atoms with Crippen molar-refractivity contribution in [1.29, 1.82) is 0 Å². The van der Waals surface area contributed by atoms with E-state index >= 15 is 0 Å². The van der Waals surface area contributed by atoms with Crippen molar-refractivity contribution >= 4 is 11.9 Å². The van der Waals surface area contributed by atoms with Gasteiger partial charge < -0.3 is 15.3 Å². The summed E-state index contributed by atoms with van der Waals surface area (Å²) in [5.74, 6) is -0.909. The van der Waals surface area contributed by atoms with Gasteiger partial charge in [-0.1, -0.05) is 19.3 Å². The zero-order chi connectivity index (χ0) is 14.6. The lowest BCUT2D eigenvalue weighted by atomic mass is 9.82. The average Bonchev–Trinajstić information content (AvgIpc) is 2.88. The van der Waals surface area contributed by atoms with Crippen molar-refractivity contribution in [2.24, 2.45) is 5.41 Å². The summed E-state index contributed by atoms with van der Waals surface area (Å²) in [7, 11) is 2.09. The number of amides is 1. The summed E-state index contributed by atoms with van der Waals surface area (Å²) < 4.78 is 0. The van der Waals surface area contributed by atoms with Gasteiger partial charge in [-0.3, -0.25) is 9.59 Å². The number of aliphatic carboxylic acids is 1. The SMILES string of the molecule is CN1CCCCC1CNC(=O)CC1(C(=O)O)CCCC1. The highest BCUT2D eigenvalue weighted by Gasteiger charge is 2.42. The van der Waals surface area contributed by atoms with Gasteiger partial charge in [-0.2, -0.15) is 0 Å². The quantitative estimate of drug-likeness (QED) is 0.804. The summed E-state index contributed by atoms with van der Waals surface area (Å²) >= 11 is 0. The summed E-state index contributed by atoms with van der Waals surface area (Å²) in [6.45, 7) is 1.73. The lowest BCUT2D eigenvalue weighted by Crippen LogP contribution is -2.45. The van der Waals surface area contributed by atoms with Crippen molar-refractivity contribution in [3.63, 3.8) is 0 Å². The number of carbonyl (C=O) groups excluding carboxylic acids is 1. The Morgan fingerprint density at radius 3 is 2.55 bits per heavy atom. The van der Waals surface area contributed by atoms with Gasteiger partial charge >= 0.3 is 5.97 Å². The second-order valence-corrected chi connectivity index (χ2v) is 6.40. The molecule has 1 amide bonds. The van der Waals surface area contributed by atoms with Gasteiger partial charge in [0, 0.05) is 19.0 Å². The Hall–Kier alpha value is -1.10. The highest BCUT2D eigenvalue weighted by atomic mass is 16.4. The Kier molecular flexibility index (Phi) is 5.02. The molecule has 0 aromatic rings. The van der Waals surface area contributed by atoms with Gasteiger partial charge in [0.15, 0.2) is 0 Å². The maximum atomic E-state index is 12.1. The van der Waals surface area contributed by atoms with Crippen molar-refractivity contribution in [2.45, 2.75) is 57.4 Å². The molecule has 1 unspecified atom stereocenters. The molecule has 1 saturated carbocycles. The Balaban J connectivity index is 1.81. The second-order valence-electron chi connectivity index (χ2n) is 6.40. The number of piperidine rings is 1. The molecule has 1 aliphatic carbocycles. The van der Waals surface area contributed by atoms with Crippen molar-refractivity contribution in [3.8, 4) is 0 Å². The Bertz CT molecular complexity index is 364. The van der Waals surface area contributed by atoms with E-state index in [9.17, 15) is 14.7 Å². The molecule has 0 spiro atoms. The van der Waals surface area contributed by atoms with Crippen molar-refractivity contribution in [3.05, 3.63) is 0 Å². The van der Waals surface area contributed by atoms with Gasteiger partial charge in [0.2, 0.25) is 5.91 Å². The normalized spacial score (nSPS) is 26.4. The van der Waals surface area contributed by atoms with Crippen LogP contribution in [-0.4, -0.2) is 48.1 Å². The lowest BCUT2D eigenvalue weighted by Gasteiger charge is -2.32. The molecule has 1 atom stereocenters. The predicted molar refractivity (Wildman–Crippen MR) is 76.4 cm³/mol. The predicted octanol–water partition coefficient (Wildman–Crippen LogP) is 1.62. The van der Waals surface area contributed by atoms with Crippen LogP contribution in [0.2, 0.25) is 0 Å². The number of likely N-dealkylation sites (N-methyl/N-ethyl adjacent to an activating group) is 1. The number of carboxylic acid groups (broad SMARTS) is 1. The lowest BCUT2D eigenvalue weighted by molar-refractivity contribution is -0.151. The zero-order valence-corrected chi connectivity index (χ0v) is 12.4. The largest absolute Gasteiger partial charge is 0.481 e. The third kappa shape index (κ3) is 3.51. The molecule has 5 heteroatoms. The van der Waals surface area contributed by atoms with Crippen molar-refractivity contribution in [1.82, 2.24) is 10.2 Å². The fraction of sp³-hybridized carbons (Fsp3) is 0.867. The maximum absolute atomic E-state index is 12.1. The molecule has 2 fully saturated rings. The van der Waals surface area contributed by atoms with E-state index in [1.165, 1.54) is 12.8 Å². The highest BCUT2D eigenvalue weighted by Crippen LogP contribution is 2.41. The summed E-state index contributed by atoms with van der Waals surface area (Å²) in [5.41, 5.74) is -0.803. The molecule has 0 aromatic heterocycles. The van der Waals surface area contributed by atoms with E-state index in [0.29, 0.717) is 25.4 Å². The first-order valence-corrected chi connectivity index (χ1v) is 7.74. The third-order valence-electron chi connectivity index (χ3n) is 4.97. The molecule has 2 N–H and O–H groups in total. The summed E-state index contributed by atoms with van der Waals surface area (Å²) in [6, 6.07) is 0.400. The van der Waals surface area contributed by atoms with Crippen LogP contribution in [-0.2, 0) is 9.59 Å². The van der Waals surface area contributed by atoms with E-state index in [1.807, 2.05) is 0 Å². The number of nitrogens with one attached hydrogen (secondary N) is 1. The minimum absolute atomic E-state index is 0.103. The Morgan fingerprint density at radius 2 is 1.95 bits per heavy atom. The molecule has 1 heterocycles. The fourth-order valence-corrected chi connectivity index (χ4v) is 3.52. The van der Waals surface area contributed by atoms with E-state index in [4.69, 9.17) is 0 Å². The summed E-state index contributed by atoms with van der Waals surface area (Å²) in [4.78, 5) is 25.8. The molecule has 0 bridgehead atoms. The van der Waals surface area contributed by atoms with Crippen LogP contribution in [0.3, 0.4) is 0 Å². The first-order valence-electron chi connectivity index (χ1n) is 7.74. The summed E-state index contributed by atoms with van der Waals surface area (Å²) in [5, 5.41) is 12.3. The number of carbonyl (C=O) groups is 2. The van der Waals surface area contributed by atoms with Gasteiger partial charge in [-0.15, -0.1) is 0 Å². The van der Waals surface area contributed by atoms with E-state index in [-0.39, 0.29) is 12.3 Å². The number of carboxylic acids is 1. The minimum atomic E-state index is -0.806. The third-order valence-corrected chi connectivity index (χ3v) is 4.97. The monoisotopic (exact) mass is 282 g/mol. The smallest absolute Gasteiger partial charge is 0.310 e. The van der Waals surface area contributed by atoms with Gasteiger partial charge in [0.25, 0.3) is 0 Å². The van der Waals surface area contributed by atoms with Gasteiger partial charge in [0.05, 0.1) is 5.41 Å². The molecule has 2 rings (SSSR count). The Labute approximate surface area is 120 Å². The van der Waals surface area contributed by atoms with Crippen LogP contribution in [0.15, 0.2) is 0 Å². The van der Waals surface area contributed by atoms with Crippen LogP contribution in [0.25, 0.3) is 0 Å². The van der Waals surface area contributed by atoms with E-state index in [2.05, 4.69) is 17.3 Å². The number of rotatable bonds is 5. The maximum Gasteiger partial charge on any atom is 0.310 e. The van der Waals surface area contributed by atoms with Gasteiger partial charge in [0.1, 0.15) is 0 Å². The molecule has 1 saturated heterocycles. The number of hydrogen-bond acceptors (Lipinski definition) is 3. The van der Waals surface area contributed by atoms with Crippen molar-refractivity contribution < 1.29 is 14.7 Å². The van der Waals surface area contributed by atoms with Crippen molar-refractivity contribution in [2.75, 3.05) is 20.1 Å². The zero-order valence-electron chi connectivity index (χ0n) is 12.4. The average molecular weight is 282 g/mol. The van der Waals surface area contributed by atoms with Gasteiger partial charge in [-0.25, -0.2) is 0 Å². The number of nitrogens with zero attached hydrogens (tertiary/aromatic N) is 1. The topological polar surface area (TPSA) is 69.6 Å². The van der Waals surface area contributed by atoms with Crippen LogP contribution >= 0.6 is 0 Å². The summed E-state index contributed by atoms with van der Waals surface area (Å²) in [6.07, 6.45) is 6.81. The van der Waals surface area contributed by atoms with E-state index in [0.717, 1.165) is 25.8 Å². The molecule has 114 valence electrons. The molecular weight excluding hydrogens is 256 g/mol. The van der Waals surface area contributed by atoms with Crippen LogP contribution in [0.4, 0.5) is 0 Å². The molecule has 1 aliphatic heterocycles. The Morgan fingerprint density at radius 1 is 1.25 bits per heavy atom. The van der Waals surface area contributed by atoms with Gasteiger partial charge in [-0.05, 0) is 39.3 Å². The molecule has 0 radical (unpaired) electrons. The van der Waals surface area contributed by atoms with Crippen LogP contribution in [0.5, 0.6) is 0 Å². The number of likely N-dealkylation sites (tertiary alicyclic amines) is 1. The van der Waals surface area contributed by atoms with Crippen LogP contribution < -0.4 is 5.32 Å². The molecule has 20 heavy (non-hydrogen) atoms. The van der Waals surface area contributed by atoms with E-state index in [1.54, 1.807) is 0 Å². The number of hydrogen-bond donors (Lipinski definition) is 2. The minimum Gasteiger partial charge on any atom is -0.481 e. The molecule has 0 aromatic carbocycles. The first-order chi connectivity index (χ1) is 9.53. The van der Waals surface area contributed by atoms with Crippen LogP contribution in [0.1, 0.15) is 51.4 Å². The fourth-order valence-electron chi connectivity index (χ4n) is 3.52. The molecular formula is C15H26N2O3. The second kappa shape index (κ2) is 6.57. The standard InChI is InChI=1S/C15H26N2O3/c1-17-9-5-2-6-12(17)11-16-13(18)10-15(14(19)20)7-3-4-8-15/h12H,2-11H2,1H3,(H,16,18)(H,19,20). The molecule has 5 nitrogen and oxygen atoms in total. The van der Waals surface area contributed by atoms with Crippen LogP contribution in [0, 0.1) is 5.41 Å². The molecule has 2 aliphatic rings. The van der Waals surface area contributed by atoms with E-state index < -0.39 is 11.4 Å². The highest BCUT2D eigenvalue weighted by molar-refractivity contribution is 5.85.